The van der Waals surface area contributed by atoms with Crippen LogP contribution in [0, 0.1) is 0 Å². The zero-order valence-corrected chi connectivity index (χ0v) is 14.8. The van der Waals surface area contributed by atoms with Gasteiger partial charge in [0.15, 0.2) is 17.7 Å². The number of nitrogens with zero attached hydrogens (tertiary/aromatic N) is 4. The average molecular weight is 352 g/mol. The Morgan fingerprint density at radius 2 is 2.04 bits per heavy atom. The van der Waals surface area contributed by atoms with Crippen molar-refractivity contribution in [2.45, 2.75) is 55.8 Å². The van der Waals surface area contributed by atoms with E-state index in [0.717, 1.165) is 10.5 Å². The number of hydrogen-bond donors (Lipinski definition) is 0. The minimum atomic E-state index is -0.640. The highest BCUT2D eigenvalue weighted by Crippen LogP contribution is 2.39. The first-order chi connectivity index (χ1) is 11.5. The van der Waals surface area contributed by atoms with Crippen LogP contribution in [0.3, 0.4) is 0 Å². The maximum atomic E-state index is 6.04. The van der Waals surface area contributed by atoms with Crippen LogP contribution in [-0.2, 0) is 25.5 Å². The van der Waals surface area contributed by atoms with Crippen LogP contribution in [0.1, 0.15) is 13.8 Å². The Bertz CT molecular complexity index is 752. The zero-order valence-electron chi connectivity index (χ0n) is 14.0. The molecule has 2 saturated heterocycles. The van der Waals surface area contributed by atoms with Crippen molar-refractivity contribution in [2.75, 3.05) is 13.4 Å². The summed E-state index contributed by atoms with van der Waals surface area (Å²) in [6, 6.07) is 0. The molecule has 130 valence electrons. The zero-order chi connectivity index (χ0) is 16.9. The van der Waals surface area contributed by atoms with Gasteiger partial charge in [0.25, 0.3) is 0 Å². The van der Waals surface area contributed by atoms with Gasteiger partial charge < -0.3 is 23.5 Å². The summed E-state index contributed by atoms with van der Waals surface area (Å²) in [6.45, 7) is 4.38. The maximum absolute atomic E-state index is 6.04. The van der Waals surface area contributed by atoms with Crippen molar-refractivity contribution in [3.05, 3.63) is 12.7 Å². The van der Waals surface area contributed by atoms with Gasteiger partial charge in [0, 0.05) is 7.11 Å². The van der Waals surface area contributed by atoms with Crippen LogP contribution >= 0.6 is 11.8 Å². The van der Waals surface area contributed by atoms with Crippen molar-refractivity contribution < 1.29 is 18.9 Å². The van der Waals surface area contributed by atoms with Gasteiger partial charge in [0.05, 0.1) is 12.9 Å². The fourth-order valence-electron chi connectivity index (χ4n) is 3.34. The summed E-state index contributed by atoms with van der Waals surface area (Å²) in [5.41, 5.74) is 1.58. The van der Waals surface area contributed by atoms with Crippen molar-refractivity contribution in [3.63, 3.8) is 0 Å². The summed E-state index contributed by atoms with van der Waals surface area (Å²) in [7, 11) is 1.62. The normalized spacial score (nSPS) is 31.7. The molecule has 0 radical (unpaired) electrons. The highest BCUT2D eigenvalue weighted by molar-refractivity contribution is 7.98. The van der Waals surface area contributed by atoms with Crippen LogP contribution < -0.4 is 0 Å². The second-order valence-electron chi connectivity index (χ2n) is 6.30. The van der Waals surface area contributed by atoms with Crippen molar-refractivity contribution >= 4 is 22.9 Å². The van der Waals surface area contributed by atoms with Gasteiger partial charge in [-0.25, -0.2) is 15.0 Å². The molecular weight excluding hydrogens is 332 g/mol. The molecule has 0 N–H and O–H groups in total. The lowest BCUT2D eigenvalue weighted by molar-refractivity contribution is -0.228. The Kier molecular flexibility index (Phi) is 4.00. The van der Waals surface area contributed by atoms with Gasteiger partial charge in [0.1, 0.15) is 35.2 Å². The molecule has 0 saturated carbocycles. The van der Waals surface area contributed by atoms with E-state index >= 15 is 0 Å². The molecule has 2 aliphatic rings. The molecule has 2 aromatic rings. The Hall–Kier alpha value is -1.26. The van der Waals surface area contributed by atoms with E-state index in [0.29, 0.717) is 12.2 Å². The smallest absolute Gasteiger partial charge is 0.186 e. The topological polar surface area (TPSA) is 80.5 Å². The Balaban J connectivity index is 1.64. The Labute approximate surface area is 143 Å². The number of ether oxygens (including phenoxy) is 4. The Morgan fingerprint density at radius 3 is 2.79 bits per heavy atom. The van der Waals surface area contributed by atoms with Crippen molar-refractivity contribution in [2.24, 2.45) is 0 Å². The molecule has 4 rings (SSSR count). The lowest BCUT2D eigenvalue weighted by Crippen LogP contribution is -2.32. The second kappa shape index (κ2) is 5.92. The molecule has 0 spiro atoms. The molecule has 0 aliphatic carbocycles. The summed E-state index contributed by atoms with van der Waals surface area (Å²) in [4.78, 5) is 12.9. The fourth-order valence-corrected chi connectivity index (χ4v) is 3.90. The Morgan fingerprint density at radius 1 is 1.25 bits per heavy atom. The first kappa shape index (κ1) is 16.2. The van der Waals surface area contributed by atoms with Gasteiger partial charge in [0.2, 0.25) is 0 Å². The van der Waals surface area contributed by atoms with E-state index < -0.39 is 12.1 Å². The van der Waals surface area contributed by atoms with E-state index in [-0.39, 0.29) is 18.3 Å². The van der Waals surface area contributed by atoms with Crippen molar-refractivity contribution in [1.29, 1.82) is 0 Å². The molecule has 8 nitrogen and oxygen atoms in total. The lowest BCUT2D eigenvalue weighted by Gasteiger charge is -2.23. The van der Waals surface area contributed by atoms with E-state index in [1.165, 1.54) is 6.33 Å². The standard InChI is InChI=1S/C15H20N4O4S/c1-15(2)22-10-8(21-14(20-3)11(10)23-15)5-19-7-18-12-9(19)13(24-4)17-6-16-12/h6-8,10-11,14H,5H2,1-4H3/t8-,10-,11-,14-/m1/s1. The van der Waals surface area contributed by atoms with Crippen LogP contribution in [0.5, 0.6) is 0 Å². The minimum absolute atomic E-state index is 0.190. The highest BCUT2D eigenvalue weighted by atomic mass is 32.2. The van der Waals surface area contributed by atoms with Gasteiger partial charge in [-0.15, -0.1) is 11.8 Å². The first-order valence-corrected chi connectivity index (χ1v) is 8.98. The molecule has 9 heteroatoms. The van der Waals surface area contributed by atoms with Crippen LogP contribution in [-0.4, -0.2) is 63.3 Å². The number of rotatable bonds is 4. The summed E-state index contributed by atoms with van der Waals surface area (Å²) < 4.78 is 25.4. The molecule has 2 fully saturated rings. The number of hydrogen-bond acceptors (Lipinski definition) is 8. The molecule has 4 heterocycles. The maximum Gasteiger partial charge on any atom is 0.186 e. The predicted octanol–water partition coefficient (Wildman–Crippen LogP) is 1.44. The lowest BCUT2D eigenvalue weighted by atomic mass is 10.1. The molecule has 0 unspecified atom stereocenters. The molecule has 2 aliphatic heterocycles. The average Bonchev–Trinajstić information content (AvgIpc) is 3.19. The number of methoxy groups -OCH3 is 1. The number of fused-ring (bicyclic) bond motifs is 2. The number of aromatic nitrogens is 4. The molecule has 0 amide bonds. The second-order valence-corrected chi connectivity index (χ2v) is 7.09. The summed E-state index contributed by atoms with van der Waals surface area (Å²) in [5, 5.41) is 0.888. The van der Waals surface area contributed by atoms with Crippen molar-refractivity contribution in [1.82, 2.24) is 19.5 Å². The van der Waals surface area contributed by atoms with Gasteiger partial charge >= 0.3 is 0 Å². The van der Waals surface area contributed by atoms with Gasteiger partial charge in [-0.05, 0) is 20.1 Å². The van der Waals surface area contributed by atoms with Gasteiger partial charge in [-0.1, -0.05) is 0 Å². The fraction of sp³-hybridized carbons (Fsp3) is 0.667. The summed E-state index contributed by atoms with van der Waals surface area (Å²) in [5.74, 6) is -0.640. The number of thioether (sulfide) groups is 1. The van der Waals surface area contributed by atoms with E-state index in [1.54, 1.807) is 25.2 Å². The third kappa shape index (κ3) is 2.60. The highest BCUT2D eigenvalue weighted by Gasteiger charge is 2.55. The predicted molar refractivity (Wildman–Crippen MR) is 86.6 cm³/mol. The third-order valence-corrected chi connectivity index (χ3v) is 4.97. The van der Waals surface area contributed by atoms with E-state index in [2.05, 4.69) is 15.0 Å². The quantitative estimate of drug-likeness (QED) is 0.604. The molecule has 0 bridgehead atoms. The molecule has 24 heavy (non-hydrogen) atoms. The van der Waals surface area contributed by atoms with E-state index in [4.69, 9.17) is 18.9 Å². The molecular formula is C15H20N4O4S. The van der Waals surface area contributed by atoms with Crippen molar-refractivity contribution in [3.8, 4) is 0 Å². The third-order valence-electron chi connectivity index (χ3n) is 4.29. The minimum Gasteiger partial charge on any atom is -0.353 e. The van der Waals surface area contributed by atoms with Gasteiger partial charge in [-0.2, -0.15) is 0 Å². The SMILES string of the molecule is CO[C@@H]1O[C@H](Cn2cnc3ncnc(SC)c32)[C@H]2OC(C)(C)O[C@@H]12. The first-order valence-electron chi connectivity index (χ1n) is 7.76. The number of imidazole rings is 1. The van der Waals surface area contributed by atoms with Gasteiger partial charge in [-0.3, -0.25) is 0 Å². The summed E-state index contributed by atoms with van der Waals surface area (Å²) >= 11 is 1.57. The molecule has 2 aromatic heterocycles. The van der Waals surface area contributed by atoms with Crippen LogP contribution in [0.15, 0.2) is 17.7 Å². The van der Waals surface area contributed by atoms with E-state index in [9.17, 15) is 0 Å². The monoisotopic (exact) mass is 352 g/mol. The van der Waals surface area contributed by atoms with Crippen LogP contribution in [0.4, 0.5) is 0 Å². The van der Waals surface area contributed by atoms with E-state index in [1.807, 2.05) is 24.7 Å². The van der Waals surface area contributed by atoms with Crippen LogP contribution in [0.25, 0.3) is 11.2 Å². The molecule has 0 aromatic carbocycles. The summed E-state index contributed by atoms with van der Waals surface area (Å²) in [6.07, 6.45) is 4.22. The molecule has 4 atom stereocenters. The van der Waals surface area contributed by atoms with Crippen LogP contribution in [0.2, 0.25) is 0 Å². The largest absolute Gasteiger partial charge is 0.353 e.